The molecule has 1 N–H and O–H groups in total. The van der Waals surface area contributed by atoms with Crippen molar-refractivity contribution < 1.29 is 4.39 Å². The van der Waals surface area contributed by atoms with Crippen molar-refractivity contribution in [3.8, 4) is 0 Å². The van der Waals surface area contributed by atoms with Crippen molar-refractivity contribution in [2.24, 2.45) is 0 Å². The summed E-state index contributed by atoms with van der Waals surface area (Å²) in [6.07, 6.45) is 0. The molecular formula is C18H21BrFN. The quantitative estimate of drug-likeness (QED) is 0.798. The van der Waals surface area contributed by atoms with E-state index in [0.717, 1.165) is 22.1 Å². The molecule has 0 aliphatic rings. The van der Waals surface area contributed by atoms with Crippen LogP contribution >= 0.6 is 15.9 Å². The molecule has 2 aromatic rings. The Balaban J connectivity index is 2.59. The van der Waals surface area contributed by atoms with Gasteiger partial charge in [-0.3, -0.25) is 0 Å². The normalized spacial score (nSPS) is 12.5. The van der Waals surface area contributed by atoms with E-state index < -0.39 is 0 Å². The van der Waals surface area contributed by atoms with E-state index in [1.54, 1.807) is 12.1 Å². The summed E-state index contributed by atoms with van der Waals surface area (Å²) in [5.74, 6) is -0.170. The van der Waals surface area contributed by atoms with Crippen LogP contribution in [0.3, 0.4) is 0 Å². The van der Waals surface area contributed by atoms with Crippen molar-refractivity contribution in [3.63, 3.8) is 0 Å². The molecule has 0 aromatic heterocycles. The number of halogens is 2. The molecule has 0 aliphatic heterocycles. The van der Waals surface area contributed by atoms with Crippen LogP contribution in [0.15, 0.2) is 34.8 Å². The molecule has 1 unspecified atom stereocenters. The van der Waals surface area contributed by atoms with Gasteiger partial charge in [-0.1, -0.05) is 28.9 Å². The highest BCUT2D eigenvalue weighted by Gasteiger charge is 2.19. The summed E-state index contributed by atoms with van der Waals surface area (Å²) in [6.45, 7) is 9.01. The summed E-state index contributed by atoms with van der Waals surface area (Å²) < 4.78 is 14.6. The first-order valence-electron chi connectivity index (χ1n) is 7.20. The highest BCUT2D eigenvalue weighted by Crippen LogP contribution is 2.31. The molecule has 2 rings (SSSR count). The van der Waals surface area contributed by atoms with E-state index in [4.69, 9.17) is 0 Å². The third-order valence-corrected chi connectivity index (χ3v) is 4.29. The summed E-state index contributed by atoms with van der Waals surface area (Å²) in [7, 11) is 0. The molecule has 0 heterocycles. The summed E-state index contributed by atoms with van der Waals surface area (Å²) in [6, 6.07) is 9.62. The van der Waals surface area contributed by atoms with Crippen LogP contribution in [-0.4, -0.2) is 6.54 Å². The zero-order valence-corrected chi connectivity index (χ0v) is 14.5. The molecule has 0 saturated carbocycles. The maximum absolute atomic E-state index is 13.6. The van der Waals surface area contributed by atoms with Crippen LogP contribution in [-0.2, 0) is 0 Å². The standard InChI is InChI=1S/C18H21BrFN/c1-5-21-18(16-7-6-14(19)8-11(16)2)17-12(3)9-15(20)10-13(17)4/h6-10,18,21H,5H2,1-4H3. The minimum atomic E-state index is -0.170. The molecule has 0 fully saturated rings. The molecule has 21 heavy (non-hydrogen) atoms. The molecule has 0 radical (unpaired) electrons. The fourth-order valence-electron chi connectivity index (χ4n) is 2.91. The molecule has 0 amide bonds. The monoisotopic (exact) mass is 349 g/mol. The molecule has 0 spiro atoms. The first kappa shape index (κ1) is 16.2. The van der Waals surface area contributed by atoms with Crippen LogP contribution in [0.4, 0.5) is 4.39 Å². The van der Waals surface area contributed by atoms with Gasteiger partial charge in [0.1, 0.15) is 5.82 Å². The van der Waals surface area contributed by atoms with Crippen LogP contribution in [0.2, 0.25) is 0 Å². The second kappa shape index (κ2) is 6.71. The molecule has 0 aliphatic carbocycles. The molecule has 3 heteroatoms. The number of aryl methyl sites for hydroxylation is 3. The van der Waals surface area contributed by atoms with Crippen LogP contribution < -0.4 is 5.32 Å². The van der Waals surface area contributed by atoms with Gasteiger partial charge in [-0.25, -0.2) is 4.39 Å². The highest BCUT2D eigenvalue weighted by molar-refractivity contribution is 9.10. The predicted molar refractivity (Wildman–Crippen MR) is 90.3 cm³/mol. The molecule has 0 bridgehead atoms. The number of hydrogen-bond acceptors (Lipinski definition) is 1. The summed E-state index contributed by atoms with van der Waals surface area (Å²) >= 11 is 3.51. The van der Waals surface area contributed by atoms with Gasteiger partial charge in [-0.15, -0.1) is 0 Å². The van der Waals surface area contributed by atoms with Crippen molar-refractivity contribution in [3.05, 3.63) is 68.4 Å². The number of rotatable bonds is 4. The summed E-state index contributed by atoms with van der Waals surface area (Å²) in [4.78, 5) is 0. The van der Waals surface area contributed by atoms with Gasteiger partial charge in [-0.05, 0) is 79.4 Å². The summed E-state index contributed by atoms with van der Waals surface area (Å²) in [5, 5.41) is 3.54. The van der Waals surface area contributed by atoms with Crippen molar-refractivity contribution in [2.75, 3.05) is 6.54 Å². The molecule has 2 aromatic carbocycles. The van der Waals surface area contributed by atoms with Crippen LogP contribution in [0.1, 0.15) is 40.8 Å². The van der Waals surface area contributed by atoms with Gasteiger partial charge in [0, 0.05) is 4.47 Å². The van der Waals surface area contributed by atoms with E-state index in [0.29, 0.717) is 0 Å². The zero-order chi connectivity index (χ0) is 15.6. The second-order valence-corrected chi connectivity index (χ2v) is 6.36. The van der Waals surface area contributed by atoms with Crippen molar-refractivity contribution >= 4 is 15.9 Å². The van der Waals surface area contributed by atoms with Gasteiger partial charge in [-0.2, -0.15) is 0 Å². The fraction of sp³-hybridized carbons (Fsp3) is 0.333. The number of hydrogen-bond donors (Lipinski definition) is 1. The Hall–Kier alpha value is -1.19. The Morgan fingerprint density at radius 2 is 1.67 bits per heavy atom. The second-order valence-electron chi connectivity index (χ2n) is 5.44. The van der Waals surface area contributed by atoms with E-state index in [2.05, 4.69) is 53.3 Å². The van der Waals surface area contributed by atoms with Crippen molar-refractivity contribution in [1.82, 2.24) is 5.32 Å². The lowest BCUT2D eigenvalue weighted by atomic mass is 9.89. The third-order valence-electron chi connectivity index (χ3n) is 3.80. The highest BCUT2D eigenvalue weighted by atomic mass is 79.9. The Labute approximate surface area is 134 Å². The Morgan fingerprint density at radius 3 is 2.19 bits per heavy atom. The van der Waals surface area contributed by atoms with Crippen molar-refractivity contribution in [2.45, 2.75) is 33.7 Å². The zero-order valence-electron chi connectivity index (χ0n) is 12.9. The van der Waals surface area contributed by atoms with Crippen LogP contribution in [0.5, 0.6) is 0 Å². The Bertz CT molecular complexity index is 629. The summed E-state index contributed by atoms with van der Waals surface area (Å²) in [5.41, 5.74) is 5.60. The Morgan fingerprint density at radius 1 is 1.05 bits per heavy atom. The third kappa shape index (κ3) is 3.53. The van der Waals surface area contributed by atoms with Crippen molar-refractivity contribution in [1.29, 1.82) is 0 Å². The smallest absolute Gasteiger partial charge is 0.123 e. The lowest BCUT2D eigenvalue weighted by Gasteiger charge is -2.25. The van der Waals surface area contributed by atoms with E-state index in [9.17, 15) is 4.39 Å². The molecule has 0 saturated heterocycles. The van der Waals surface area contributed by atoms with Crippen LogP contribution in [0.25, 0.3) is 0 Å². The lowest BCUT2D eigenvalue weighted by molar-refractivity contribution is 0.604. The molecule has 112 valence electrons. The van der Waals surface area contributed by atoms with Gasteiger partial charge in [0.05, 0.1) is 6.04 Å². The van der Waals surface area contributed by atoms with Crippen LogP contribution in [0, 0.1) is 26.6 Å². The lowest BCUT2D eigenvalue weighted by Crippen LogP contribution is -2.24. The van der Waals surface area contributed by atoms with Gasteiger partial charge < -0.3 is 5.32 Å². The maximum Gasteiger partial charge on any atom is 0.123 e. The molecule has 1 nitrogen and oxygen atoms in total. The molecule has 1 atom stereocenters. The van der Waals surface area contributed by atoms with Gasteiger partial charge >= 0.3 is 0 Å². The minimum Gasteiger partial charge on any atom is -0.307 e. The van der Waals surface area contributed by atoms with E-state index in [1.807, 2.05) is 13.8 Å². The largest absolute Gasteiger partial charge is 0.307 e. The number of benzene rings is 2. The van der Waals surface area contributed by atoms with E-state index in [-0.39, 0.29) is 11.9 Å². The minimum absolute atomic E-state index is 0.0868. The first-order valence-corrected chi connectivity index (χ1v) is 7.99. The first-order chi connectivity index (χ1) is 9.93. The van der Waals surface area contributed by atoms with E-state index >= 15 is 0 Å². The topological polar surface area (TPSA) is 12.0 Å². The fourth-order valence-corrected chi connectivity index (χ4v) is 3.39. The van der Waals surface area contributed by atoms with E-state index in [1.165, 1.54) is 16.7 Å². The van der Waals surface area contributed by atoms with Gasteiger partial charge in [0.2, 0.25) is 0 Å². The predicted octanol–water partition coefficient (Wildman–Crippen LogP) is 5.21. The average Bonchev–Trinajstić information content (AvgIpc) is 2.37. The molecular weight excluding hydrogens is 329 g/mol. The van der Waals surface area contributed by atoms with Gasteiger partial charge in [0.25, 0.3) is 0 Å². The average molecular weight is 350 g/mol. The maximum atomic E-state index is 13.6. The Kier molecular flexibility index (Phi) is 5.17. The number of nitrogens with one attached hydrogen (secondary N) is 1. The SMILES string of the molecule is CCNC(c1ccc(Br)cc1C)c1c(C)cc(F)cc1C. The van der Waals surface area contributed by atoms with Gasteiger partial charge in [0.15, 0.2) is 0 Å².